The highest BCUT2D eigenvalue weighted by atomic mass is 16.6. The molecule has 1 saturated carbocycles. The Morgan fingerprint density at radius 1 is 1.13 bits per heavy atom. The summed E-state index contributed by atoms with van der Waals surface area (Å²) in [5.74, 6) is 0. The van der Waals surface area contributed by atoms with E-state index in [0.29, 0.717) is 0 Å². The fourth-order valence-electron chi connectivity index (χ4n) is 2.33. The predicted octanol–water partition coefficient (Wildman–Crippen LogP) is 3.19. The zero-order chi connectivity index (χ0) is 11.3. The lowest BCUT2D eigenvalue weighted by Crippen LogP contribution is -2.48. The van der Waals surface area contributed by atoms with Crippen molar-refractivity contribution in [2.24, 2.45) is 0 Å². The van der Waals surface area contributed by atoms with Crippen LogP contribution < -0.4 is 0 Å². The van der Waals surface area contributed by atoms with Gasteiger partial charge in [-0.05, 0) is 25.7 Å². The molecule has 1 saturated heterocycles. The summed E-state index contributed by atoms with van der Waals surface area (Å²) in [6.45, 7) is 4.86. The molecule has 0 radical (unpaired) electrons. The normalized spacial score (nSPS) is 24.2. The predicted molar refractivity (Wildman–Crippen MR) is 60.9 cm³/mol. The molecule has 0 aromatic rings. The lowest BCUT2D eigenvalue weighted by molar-refractivity contribution is -0.0640. The first-order valence-electron chi connectivity index (χ1n) is 6.16. The molecule has 2 rings (SSSR count). The standard InChI is InChI=1S/C10H17NO2.C2H6/c1-11-8-7-10(13-9(11)12)5-3-2-4-6-10;1-2/h2-8H2,1H3;1-2H3. The molecule has 3 heteroatoms. The fourth-order valence-corrected chi connectivity index (χ4v) is 2.33. The van der Waals surface area contributed by atoms with Crippen LogP contribution in [0.3, 0.4) is 0 Å². The van der Waals surface area contributed by atoms with Crippen LogP contribution in [0.2, 0.25) is 0 Å². The van der Waals surface area contributed by atoms with Gasteiger partial charge < -0.3 is 9.64 Å². The van der Waals surface area contributed by atoms with Crippen LogP contribution in [0.1, 0.15) is 52.4 Å². The van der Waals surface area contributed by atoms with E-state index in [1.165, 1.54) is 19.3 Å². The minimum atomic E-state index is -0.131. The largest absolute Gasteiger partial charge is 0.443 e. The van der Waals surface area contributed by atoms with Crippen molar-refractivity contribution >= 4 is 6.09 Å². The quantitative estimate of drug-likeness (QED) is 0.618. The second-order valence-corrected chi connectivity index (χ2v) is 4.28. The smallest absolute Gasteiger partial charge is 0.410 e. The van der Waals surface area contributed by atoms with Crippen molar-refractivity contribution in [2.75, 3.05) is 13.6 Å². The Hall–Kier alpha value is -0.730. The Morgan fingerprint density at radius 2 is 1.73 bits per heavy atom. The molecule has 2 aliphatic rings. The fraction of sp³-hybridized carbons (Fsp3) is 0.917. The van der Waals surface area contributed by atoms with Crippen LogP contribution in [0.25, 0.3) is 0 Å². The van der Waals surface area contributed by atoms with Crippen molar-refractivity contribution in [2.45, 2.75) is 58.0 Å². The molecular formula is C12H23NO2. The van der Waals surface area contributed by atoms with Gasteiger partial charge in [0, 0.05) is 20.0 Å². The molecule has 0 aromatic heterocycles. The zero-order valence-corrected chi connectivity index (χ0v) is 10.2. The number of carbonyl (C=O) groups excluding carboxylic acids is 1. The van der Waals surface area contributed by atoms with Gasteiger partial charge in [-0.1, -0.05) is 20.3 Å². The monoisotopic (exact) mass is 213 g/mol. The molecule has 0 atom stereocenters. The molecular weight excluding hydrogens is 190 g/mol. The maximum absolute atomic E-state index is 11.4. The van der Waals surface area contributed by atoms with Gasteiger partial charge in [-0.2, -0.15) is 0 Å². The van der Waals surface area contributed by atoms with Gasteiger partial charge >= 0.3 is 6.09 Å². The molecule has 0 unspecified atom stereocenters. The average molecular weight is 213 g/mol. The first-order valence-corrected chi connectivity index (χ1v) is 6.16. The number of carbonyl (C=O) groups is 1. The summed E-state index contributed by atoms with van der Waals surface area (Å²) in [4.78, 5) is 13.0. The molecule has 1 spiro atoms. The van der Waals surface area contributed by atoms with Gasteiger partial charge in [0.15, 0.2) is 0 Å². The summed E-state index contributed by atoms with van der Waals surface area (Å²) in [6.07, 6.45) is 6.78. The van der Waals surface area contributed by atoms with Crippen molar-refractivity contribution in [3.8, 4) is 0 Å². The maximum Gasteiger partial charge on any atom is 0.410 e. The molecule has 2 fully saturated rings. The first kappa shape index (κ1) is 12.3. The van der Waals surface area contributed by atoms with Gasteiger partial charge in [-0.25, -0.2) is 4.79 Å². The minimum absolute atomic E-state index is 0.0815. The summed E-state index contributed by atoms with van der Waals surface area (Å²) < 4.78 is 5.51. The number of nitrogens with zero attached hydrogens (tertiary/aromatic N) is 1. The van der Waals surface area contributed by atoms with Gasteiger partial charge in [0.1, 0.15) is 5.60 Å². The highest BCUT2D eigenvalue weighted by Crippen LogP contribution is 2.37. The Kier molecular flexibility index (Phi) is 4.43. The van der Waals surface area contributed by atoms with Crippen molar-refractivity contribution in [3.63, 3.8) is 0 Å². The molecule has 88 valence electrons. The number of hydrogen-bond donors (Lipinski definition) is 0. The van der Waals surface area contributed by atoms with Gasteiger partial charge in [-0.3, -0.25) is 0 Å². The summed E-state index contributed by atoms with van der Waals surface area (Å²) in [7, 11) is 1.80. The first-order chi connectivity index (χ1) is 7.22. The van der Waals surface area contributed by atoms with E-state index < -0.39 is 0 Å². The summed E-state index contributed by atoms with van der Waals surface area (Å²) in [5, 5.41) is 0. The lowest BCUT2D eigenvalue weighted by Gasteiger charge is -2.42. The van der Waals surface area contributed by atoms with Crippen LogP contribution in [-0.2, 0) is 4.74 Å². The molecule has 3 nitrogen and oxygen atoms in total. The molecule has 0 N–H and O–H groups in total. The van der Waals surface area contributed by atoms with Crippen molar-refractivity contribution in [1.29, 1.82) is 0 Å². The van der Waals surface area contributed by atoms with E-state index in [1.807, 2.05) is 13.8 Å². The van der Waals surface area contributed by atoms with E-state index in [1.54, 1.807) is 11.9 Å². The zero-order valence-electron chi connectivity index (χ0n) is 10.2. The van der Waals surface area contributed by atoms with Gasteiger partial charge in [0.2, 0.25) is 0 Å². The summed E-state index contributed by atoms with van der Waals surface area (Å²) in [5.41, 5.74) is -0.0815. The van der Waals surface area contributed by atoms with E-state index in [9.17, 15) is 4.79 Å². The minimum Gasteiger partial charge on any atom is -0.443 e. The van der Waals surface area contributed by atoms with Crippen LogP contribution in [-0.4, -0.2) is 30.2 Å². The van der Waals surface area contributed by atoms with Crippen LogP contribution in [0, 0.1) is 0 Å². The second-order valence-electron chi connectivity index (χ2n) is 4.28. The van der Waals surface area contributed by atoms with Crippen molar-refractivity contribution in [1.82, 2.24) is 4.90 Å². The summed E-state index contributed by atoms with van der Waals surface area (Å²) >= 11 is 0. The SMILES string of the molecule is CC.CN1CCC2(CCCCC2)OC1=O. The van der Waals surface area contributed by atoms with Gasteiger partial charge in [0.25, 0.3) is 0 Å². The Bertz CT molecular complexity index is 210. The highest BCUT2D eigenvalue weighted by Gasteiger charge is 2.40. The van der Waals surface area contributed by atoms with Crippen LogP contribution >= 0.6 is 0 Å². The number of rotatable bonds is 0. The topological polar surface area (TPSA) is 29.5 Å². The molecule has 1 aliphatic carbocycles. The third-order valence-corrected chi connectivity index (χ3v) is 3.28. The molecule has 15 heavy (non-hydrogen) atoms. The molecule has 1 heterocycles. The third-order valence-electron chi connectivity index (χ3n) is 3.28. The van der Waals surface area contributed by atoms with E-state index >= 15 is 0 Å². The van der Waals surface area contributed by atoms with Crippen LogP contribution in [0.15, 0.2) is 0 Å². The van der Waals surface area contributed by atoms with Crippen LogP contribution in [0.5, 0.6) is 0 Å². The maximum atomic E-state index is 11.4. The Morgan fingerprint density at radius 3 is 2.27 bits per heavy atom. The van der Waals surface area contributed by atoms with Gasteiger partial charge in [0.05, 0.1) is 0 Å². The molecule has 1 amide bonds. The average Bonchev–Trinajstić information content (AvgIpc) is 2.28. The highest BCUT2D eigenvalue weighted by molar-refractivity contribution is 5.68. The Balaban J connectivity index is 0.000000531. The van der Waals surface area contributed by atoms with E-state index in [-0.39, 0.29) is 11.7 Å². The van der Waals surface area contributed by atoms with E-state index in [2.05, 4.69) is 0 Å². The Labute approximate surface area is 92.8 Å². The molecule has 0 bridgehead atoms. The van der Waals surface area contributed by atoms with Crippen molar-refractivity contribution in [3.05, 3.63) is 0 Å². The molecule has 0 aromatic carbocycles. The number of hydrogen-bond acceptors (Lipinski definition) is 2. The lowest BCUT2D eigenvalue weighted by atomic mass is 9.81. The number of amides is 1. The van der Waals surface area contributed by atoms with Crippen LogP contribution in [0.4, 0.5) is 4.79 Å². The van der Waals surface area contributed by atoms with E-state index in [0.717, 1.165) is 25.8 Å². The van der Waals surface area contributed by atoms with Crippen molar-refractivity contribution < 1.29 is 9.53 Å². The number of ether oxygens (including phenoxy) is 1. The van der Waals surface area contributed by atoms with Gasteiger partial charge in [-0.15, -0.1) is 0 Å². The third kappa shape index (κ3) is 2.86. The second kappa shape index (κ2) is 5.38. The summed E-state index contributed by atoms with van der Waals surface area (Å²) in [6, 6.07) is 0. The van der Waals surface area contributed by atoms with E-state index in [4.69, 9.17) is 4.74 Å². The molecule has 1 aliphatic heterocycles.